The fourth-order valence-electron chi connectivity index (χ4n) is 2.66. The summed E-state index contributed by atoms with van der Waals surface area (Å²) in [7, 11) is -3.77. The molecular weight excluding hydrogens is 367 g/mol. The number of carbonyl (C=O) groups is 1. The molecular formula is C20H17FN2O3S. The zero-order valence-corrected chi connectivity index (χ0v) is 15.1. The van der Waals surface area contributed by atoms with Crippen molar-refractivity contribution in [3.8, 4) is 0 Å². The predicted molar refractivity (Wildman–Crippen MR) is 99.3 cm³/mol. The number of aromatic nitrogens is 1. The van der Waals surface area contributed by atoms with Crippen LogP contribution in [0.15, 0.2) is 84.0 Å². The number of rotatable bonds is 6. The Morgan fingerprint density at radius 3 is 2.48 bits per heavy atom. The first-order valence-electron chi connectivity index (χ1n) is 8.21. The van der Waals surface area contributed by atoms with Crippen molar-refractivity contribution in [1.82, 2.24) is 10.3 Å². The highest BCUT2D eigenvalue weighted by Crippen LogP contribution is 2.28. The first-order valence-corrected chi connectivity index (χ1v) is 9.76. The summed E-state index contributed by atoms with van der Waals surface area (Å²) in [6, 6.07) is 16.5. The van der Waals surface area contributed by atoms with Gasteiger partial charge in [0.15, 0.2) is 9.84 Å². The van der Waals surface area contributed by atoms with Gasteiger partial charge in [-0.2, -0.15) is 0 Å². The lowest BCUT2D eigenvalue weighted by molar-refractivity contribution is 0.0953. The van der Waals surface area contributed by atoms with Crippen LogP contribution >= 0.6 is 0 Å². The number of hydrogen-bond acceptors (Lipinski definition) is 4. The molecule has 1 aromatic heterocycles. The van der Waals surface area contributed by atoms with E-state index in [-0.39, 0.29) is 17.0 Å². The van der Waals surface area contributed by atoms with Gasteiger partial charge in [-0.15, -0.1) is 0 Å². The number of carbonyl (C=O) groups excluding carboxylic acids is 1. The molecule has 1 atom stereocenters. The van der Waals surface area contributed by atoms with Crippen LogP contribution in [0.2, 0.25) is 0 Å². The minimum Gasteiger partial charge on any atom is -0.350 e. The summed E-state index contributed by atoms with van der Waals surface area (Å²) >= 11 is 0. The summed E-state index contributed by atoms with van der Waals surface area (Å²) in [4.78, 5) is 16.4. The number of nitrogens with one attached hydrogen (secondary N) is 1. The normalized spacial score (nSPS) is 12.3. The standard InChI is InChI=1S/C20H17FN2O3S/c21-17-8-4-6-15(12-17)20(24)23-14-19(16-7-5-11-22-13-16)27(25,26)18-9-2-1-3-10-18/h1-13,19H,14H2,(H,23,24)/t19-/m0/s1. The quantitative estimate of drug-likeness (QED) is 0.708. The van der Waals surface area contributed by atoms with Crippen LogP contribution in [0.4, 0.5) is 4.39 Å². The highest BCUT2D eigenvalue weighted by atomic mass is 32.2. The van der Waals surface area contributed by atoms with Gasteiger partial charge in [0.05, 0.1) is 4.90 Å². The molecule has 1 N–H and O–H groups in total. The summed E-state index contributed by atoms with van der Waals surface area (Å²) < 4.78 is 39.5. The summed E-state index contributed by atoms with van der Waals surface area (Å²) in [6.07, 6.45) is 3.00. The Balaban J connectivity index is 1.89. The van der Waals surface area contributed by atoms with Crippen LogP contribution in [0.3, 0.4) is 0 Å². The van der Waals surface area contributed by atoms with Crippen LogP contribution in [-0.2, 0) is 9.84 Å². The molecule has 1 amide bonds. The van der Waals surface area contributed by atoms with Crippen LogP contribution < -0.4 is 5.32 Å². The summed E-state index contributed by atoms with van der Waals surface area (Å²) in [5.41, 5.74) is 0.581. The second-order valence-corrected chi connectivity index (χ2v) is 7.98. The Hall–Kier alpha value is -3.06. The Bertz CT molecular complexity index is 1030. The van der Waals surface area contributed by atoms with E-state index in [2.05, 4.69) is 10.3 Å². The van der Waals surface area contributed by atoms with Crippen molar-refractivity contribution < 1.29 is 17.6 Å². The monoisotopic (exact) mass is 384 g/mol. The average molecular weight is 384 g/mol. The summed E-state index contributed by atoms with van der Waals surface area (Å²) in [6.45, 7) is -0.168. The molecule has 5 nitrogen and oxygen atoms in total. The van der Waals surface area contributed by atoms with E-state index in [0.717, 1.165) is 6.07 Å². The Labute approximate surface area is 156 Å². The Morgan fingerprint density at radius 1 is 1.04 bits per heavy atom. The van der Waals surface area contributed by atoms with E-state index in [4.69, 9.17) is 0 Å². The topological polar surface area (TPSA) is 76.1 Å². The molecule has 3 rings (SSSR count). The summed E-state index contributed by atoms with van der Waals surface area (Å²) in [5.74, 6) is -1.09. The van der Waals surface area contributed by atoms with Crippen molar-refractivity contribution in [2.24, 2.45) is 0 Å². The number of benzene rings is 2. The molecule has 0 unspecified atom stereocenters. The Morgan fingerprint density at radius 2 is 1.81 bits per heavy atom. The molecule has 7 heteroatoms. The van der Waals surface area contributed by atoms with E-state index in [1.165, 1.54) is 36.5 Å². The lowest BCUT2D eigenvalue weighted by Gasteiger charge is -2.19. The second-order valence-electron chi connectivity index (χ2n) is 5.85. The van der Waals surface area contributed by atoms with Gasteiger partial charge in [0.2, 0.25) is 0 Å². The minimum absolute atomic E-state index is 0.122. The zero-order chi connectivity index (χ0) is 19.3. The molecule has 0 radical (unpaired) electrons. The largest absolute Gasteiger partial charge is 0.350 e. The lowest BCUT2D eigenvalue weighted by atomic mass is 10.2. The molecule has 0 fully saturated rings. The van der Waals surface area contributed by atoms with E-state index in [9.17, 15) is 17.6 Å². The van der Waals surface area contributed by atoms with Crippen molar-refractivity contribution in [1.29, 1.82) is 0 Å². The minimum atomic E-state index is -3.77. The second kappa shape index (κ2) is 8.09. The van der Waals surface area contributed by atoms with Crippen molar-refractivity contribution in [2.45, 2.75) is 10.1 Å². The van der Waals surface area contributed by atoms with E-state index in [0.29, 0.717) is 5.56 Å². The lowest BCUT2D eigenvalue weighted by Crippen LogP contribution is -2.32. The van der Waals surface area contributed by atoms with Crippen molar-refractivity contribution in [2.75, 3.05) is 6.54 Å². The molecule has 0 aliphatic heterocycles. The van der Waals surface area contributed by atoms with E-state index < -0.39 is 26.8 Å². The SMILES string of the molecule is O=C(NC[C@@H](c1cccnc1)S(=O)(=O)c1ccccc1)c1cccc(F)c1. The van der Waals surface area contributed by atoms with Gasteiger partial charge < -0.3 is 5.32 Å². The van der Waals surface area contributed by atoms with Crippen LogP contribution in [0.5, 0.6) is 0 Å². The van der Waals surface area contributed by atoms with Crippen LogP contribution in [0, 0.1) is 5.82 Å². The first kappa shape index (κ1) is 18.7. The number of amides is 1. The number of pyridine rings is 1. The maximum Gasteiger partial charge on any atom is 0.251 e. The molecule has 0 bridgehead atoms. The fraction of sp³-hybridized carbons (Fsp3) is 0.100. The fourth-order valence-corrected chi connectivity index (χ4v) is 4.33. The van der Waals surface area contributed by atoms with Crippen LogP contribution in [-0.4, -0.2) is 25.9 Å². The molecule has 2 aromatic carbocycles. The number of nitrogens with zero attached hydrogens (tertiary/aromatic N) is 1. The van der Waals surface area contributed by atoms with Crippen LogP contribution in [0.25, 0.3) is 0 Å². The van der Waals surface area contributed by atoms with Crippen molar-refractivity contribution in [3.63, 3.8) is 0 Å². The third-order valence-corrected chi connectivity index (χ3v) is 6.15. The van der Waals surface area contributed by atoms with Crippen molar-refractivity contribution >= 4 is 15.7 Å². The van der Waals surface area contributed by atoms with Crippen molar-refractivity contribution in [3.05, 3.63) is 96.1 Å². The maximum absolute atomic E-state index is 13.3. The van der Waals surface area contributed by atoms with E-state index in [1.54, 1.807) is 36.5 Å². The molecule has 0 saturated carbocycles. The molecule has 27 heavy (non-hydrogen) atoms. The van der Waals surface area contributed by atoms with Gasteiger partial charge in [-0.05, 0) is 42.0 Å². The van der Waals surface area contributed by atoms with Gasteiger partial charge in [-0.1, -0.05) is 30.3 Å². The first-order chi connectivity index (χ1) is 13.0. The highest BCUT2D eigenvalue weighted by molar-refractivity contribution is 7.91. The van der Waals surface area contributed by atoms with Gasteiger partial charge in [0, 0.05) is 24.5 Å². The molecule has 138 valence electrons. The molecule has 0 aliphatic carbocycles. The summed E-state index contributed by atoms with van der Waals surface area (Å²) in [5, 5.41) is 1.57. The van der Waals surface area contributed by atoms with Crippen LogP contribution in [0.1, 0.15) is 21.2 Å². The zero-order valence-electron chi connectivity index (χ0n) is 14.2. The molecule has 0 spiro atoms. The third-order valence-electron chi connectivity index (χ3n) is 4.04. The number of halogens is 1. The van der Waals surface area contributed by atoms with Gasteiger partial charge in [0.1, 0.15) is 11.1 Å². The third kappa shape index (κ3) is 4.38. The van der Waals surface area contributed by atoms with E-state index >= 15 is 0 Å². The molecule has 0 aliphatic rings. The van der Waals surface area contributed by atoms with E-state index in [1.807, 2.05) is 0 Å². The van der Waals surface area contributed by atoms with Gasteiger partial charge in [-0.25, -0.2) is 12.8 Å². The number of hydrogen-bond donors (Lipinski definition) is 1. The van der Waals surface area contributed by atoms with Gasteiger partial charge >= 0.3 is 0 Å². The van der Waals surface area contributed by atoms with Gasteiger partial charge in [0.25, 0.3) is 5.91 Å². The predicted octanol–water partition coefficient (Wildman–Crippen LogP) is 3.17. The molecule has 1 heterocycles. The van der Waals surface area contributed by atoms with Gasteiger partial charge in [-0.3, -0.25) is 9.78 Å². The number of sulfone groups is 1. The Kier molecular flexibility index (Phi) is 5.61. The maximum atomic E-state index is 13.3. The smallest absolute Gasteiger partial charge is 0.251 e. The molecule has 0 saturated heterocycles. The average Bonchev–Trinajstić information content (AvgIpc) is 2.69. The molecule has 3 aromatic rings. The highest BCUT2D eigenvalue weighted by Gasteiger charge is 2.29.